The highest BCUT2D eigenvalue weighted by atomic mass is 32.1. The van der Waals surface area contributed by atoms with Crippen LogP contribution in [0.1, 0.15) is 5.82 Å². The van der Waals surface area contributed by atoms with Crippen molar-refractivity contribution in [3.63, 3.8) is 0 Å². The Hall–Kier alpha value is -3.59. The van der Waals surface area contributed by atoms with Crippen molar-refractivity contribution in [3.05, 3.63) is 66.1 Å². The molecular formula is C19H15N7OS. The SMILES string of the molecule is O=C(Cn1cnc2ccccc21)NCc1nnc2ccc(-c3cccs3)nn12. The largest absolute Gasteiger partial charge is 0.347 e. The molecule has 4 heterocycles. The summed E-state index contributed by atoms with van der Waals surface area (Å²) < 4.78 is 3.49. The van der Waals surface area contributed by atoms with Gasteiger partial charge in [-0.3, -0.25) is 4.79 Å². The highest BCUT2D eigenvalue weighted by Gasteiger charge is 2.12. The highest BCUT2D eigenvalue weighted by Crippen LogP contribution is 2.22. The fourth-order valence-corrected chi connectivity index (χ4v) is 3.71. The zero-order valence-corrected chi connectivity index (χ0v) is 15.5. The van der Waals surface area contributed by atoms with Crippen molar-refractivity contribution in [1.29, 1.82) is 0 Å². The maximum Gasteiger partial charge on any atom is 0.240 e. The maximum absolute atomic E-state index is 12.4. The number of imidazole rings is 1. The van der Waals surface area contributed by atoms with Crippen molar-refractivity contribution in [1.82, 2.24) is 34.7 Å². The van der Waals surface area contributed by atoms with E-state index in [1.165, 1.54) is 0 Å². The third-order valence-electron chi connectivity index (χ3n) is 4.39. The number of nitrogens with one attached hydrogen (secondary N) is 1. The van der Waals surface area contributed by atoms with Crippen LogP contribution in [-0.2, 0) is 17.9 Å². The number of amides is 1. The summed E-state index contributed by atoms with van der Waals surface area (Å²) in [6.07, 6.45) is 1.67. The number of thiophene rings is 1. The highest BCUT2D eigenvalue weighted by molar-refractivity contribution is 7.13. The number of rotatable bonds is 5. The summed E-state index contributed by atoms with van der Waals surface area (Å²) in [5.41, 5.74) is 3.28. The Morgan fingerprint density at radius 1 is 1.07 bits per heavy atom. The lowest BCUT2D eigenvalue weighted by Gasteiger charge is -2.06. The second kappa shape index (κ2) is 6.86. The van der Waals surface area contributed by atoms with Gasteiger partial charge in [-0.1, -0.05) is 18.2 Å². The van der Waals surface area contributed by atoms with Crippen LogP contribution in [0.4, 0.5) is 0 Å². The monoisotopic (exact) mass is 389 g/mol. The topological polar surface area (TPSA) is 90.0 Å². The molecule has 0 saturated carbocycles. The number of carbonyl (C=O) groups excluding carboxylic acids is 1. The molecule has 1 aromatic carbocycles. The molecule has 0 aliphatic rings. The van der Waals surface area contributed by atoms with E-state index in [0.29, 0.717) is 11.5 Å². The van der Waals surface area contributed by atoms with Gasteiger partial charge in [-0.15, -0.1) is 21.5 Å². The maximum atomic E-state index is 12.4. The fraction of sp³-hybridized carbons (Fsp3) is 0.105. The summed E-state index contributed by atoms with van der Waals surface area (Å²) in [4.78, 5) is 17.8. The van der Waals surface area contributed by atoms with Crippen LogP contribution in [0.2, 0.25) is 0 Å². The smallest absolute Gasteiger partial charge is 0.240 e. The first-order valence-electron chi connectivity index (χ1n) is 8.70. The first kappa shape index (κ1) is 16.6. The lowest BCUT2D eigenvalue weighted by molar-refractivity contribution is -0.121. The lowest BCUT2D eigenvalue weighted by Crippen LogP contribution is -2.27. The molecule has 0 atom stereocenters. The van der Waals surface area contributed by atoms with Gasteiger partial charge in [-0.25, -0.2) is 4.98 Å². The number of hydrogen-bond acceptors (Lipinski definition) is 6. The summed E-state index contributed by atoms with van der Waals surface area (Å²) in [6.45, 7) is 0.429. The Balaban J connectivity index is 1.32. The van der Waals surface area contributed by atoms with E-state index < -0.39 is 0 Å². The van der Waals surface area contributed by atoms with Gasteiger partial charge in [0.1, 0.15) is 12.2 Å². The molecule has 1 amide bonds. The van der Waals surface area contributed by atoms with Crippen molar-refractivity contribution in [2.45, 2.75) is 13.1 Å². The molecule has 0 unspecified atom stereocenters. The van der Waals surface area contributed by atoms with Gasteiger partial charge < -0.3 is 9.88 Å². The third kappa shape index (κ3) is 3.01. The molecule has 5 aromatic rings. The van der Waals surface area contributed by atoms with Crippen LogP contribution >= 0.6 is 11.3 Å². The molecule has 0 aliphatic heterocycles. The standard InChI is InChI=1S/C19H15N7OS/c27-19(11-25-12-21-13-4-1-2-5-15(13)25)20-10-18-23-22-17-8-7-14(24-26(17)18)16-6-3-9-28-16/h1-9,12H,10-11H2,(H,20,27). The van der Waals surface area contributed by atoms with Gasteiger partial charge in [0.2, 0.25) is 5.91 Å². The minimum Gasteiger partial charge on any atom is -0.347 e. The van der Waals surface area contributed by atoms with Crippen molar-refractivity contribution < 1.29 is 4.79 Å². The molecule has 0 spiro atoms. The quantitative estimate of drug-likeness (QED) is 0.499. The Morgan fingerprint density at radius 2 is 2.00 bits per heavy atom. The first-order chi connectivity index (χ1) is 13.8. The van der Waals surface area contributed by atoms with Gasteiger partial charge >= 0.3 is 0 Å². The Labute approximate surface area is 163 Å². The first-order valence-corrected chi connectivity index (χ1v) is 9.58. The lowest BCUT2D eigenvalue weighted by atomic mass is 10.3. The van der Waals surface area contributed by atoms with Crippen molar-refractivity contribution >= 4 is 33.9 Å². The second-order valence-corrected chi connectivity index (χ2v) is 7.17. The van der Waals surface area contributed by atoms with Crippen LogP contribution in [0.3, 0.4) is 0 Å². The fourth-order valence-electron chi connectivity index (χ4n) is 3.02. The summed E-state index contributed by atoms with van der Waals surface area (Å²) in [7, 11) is 0. The van der Waals surface area contributed by atoms with Gasteiger partial charge in [-0.2, -0.15) is 9.61 Å². The Morgan fingerprint density at radius 3 is 2.89 bits per heavy atom. The van der Waals surface area contributed by atoms with Crippen LogP contribution in [0, 0.1) is 0 Å². The number of carbonyl (C=O) groups is 1. The van der Waals surface area contributed by atoms with E-state index in [0.717, 1.165) is 21.6 Å². The Bertz CT molecular complexity index is 1270. The van der Waals surface area contributed by atoms with E-state index in [9.17, 15) is 4.79 Å². The van der Waals surface area contributed by atoms with E-state index in [-0.39, 0.29) is 19.0 Å². The number of benzene rings is 1. The third-order valence-corrected chi connectivity index (χ3v) is 5.28. The van der Waals surface area contributed by atoms with Gasteiger partial charge in [0, 0.05) is 0 Å². The summed E-state index contributed by atoms with van der Waals surface area (Å²) >= 11 is 1.62. The molecule has 4 aromatic heterocycles. The molecule has 0 radical (unpaired) electrons. The van der Waals surface area contributed by atoms with Crippen LogP contribution in [0.15, 0.2) is 60.2 Å². The molecule has 0 saturated heterocycles. The number of nitrogens with zero attached hydrogens (tertiary/aromatic N) is 6. The van der Waals surface area contributed by atoms with Crippen LogP contribution < -0.4 is 5.32 Å². The summed E-state index contributed by atoms with van der Waals surface area (Å²) in [5, 5.41) is 17.8. The van der Waals surface area contributed by atoms with E-state index in [1.807, 2.05) is 58.5 Å². The zero-order valence-electron chi connectivity index (χ0n) is 14.7. The average Bonchev–Trinajstić information content (AvgIpc) is 3.46. The Kier molecular flexibility index (Phi) is 4.06. The van der Waals surface area contributed by atoms with Gasteiger partial charge in [-0.05, 0) is 35.7 Å². The number of hydrogen-bond donors (Lipinski definition) is 1. The number of aromatic nitrogens is 6. The molecule has 5 rings (SSSR count). The van der Waals surface area contributed by atoms with Crippen molar-refractivity contribution in [2.24, 2.45) is 0 Å². The molecular weight excluding hydrogens is 374 g/mol. The summed E-state index contributed by atoms with van der Waals surface area (Å²) in [5.74, 6) is 0.451. The molecule has 1 N–H and O–H groups in total. The molecule has 8 nitrogen and oxygen atoms in total. The molecule has 0 aliphatic carbocycles. The predicted octanol–water partition coefficient (Wildman–Crippen LogP) is 2.52. The normalized spacial score (nSPS) is 11.3. The average molecular weight is 389 g/mol. The van der Waals surface area contributed by atoms with Crippen LogP contribution in [0.25, 0.3) is 27.3 Å². The van der Waals surface area contributed by atoms with E-state index >= 15 is 0 Å². The molecule has 138 valence electrons. The van der Waals surface area contributed by atoms with Crippen LogP contribution in [0.5, 0.6) is 0 Å². The van der Waals surface area contributed by atoms with E-state index in [4.69, 9.17) is 0 Å². The summed E-state index contributed by atoms with van der Waals surface area (Å²) in [6, 6.07) is 15.5. The molecule has 0 bridgehead atoms. The van der Waals surface area contributed by atoms with Gasteiger partial charge in [0.05, 0.1) is 28.8 Å². The second-order valence-electron chi connectivity index (χ2n) is 6.22. The van der Waals surface area contributed by atoms with Gasteiger partial charge in [0.15, 0.2) is 11.5 Å². The van der Waals surface area contributed by atoms with Crippen molar-refractivity contribution in [2.75, 3.05) is 0 Å². The van der Waals surface area contributed by atoms with Crippen molar-refractivity contribution in [3.8, 4) is 10.6 Å². The minimum absolute atomic E-state index is 0.130. The molecule has 9 heteroatoms. The van der Waals surface area contributed by atoms with E-state index in [2.05, 4.69) is 25.6 Å². The number of para-hydroxylation sites is 2. The number of fused-ring (bicyclic) bond motifs is 2. The predicted molar refractivity (Wildman–Crippen MR) is 106 cm³/mol. The van der Waals surface area contributed by atoms with Gasteiger partial charge in [0.25, 0.3) is 0 Å². The molecule has 28 heavy (non-hydrogen) atoms. The van der Waals surface area contributed by atoms with Crippen LogP contribution in [-0.4, -0.2) is 35.3 Å². The molecule has 0 fully saturated rings. The zero-order chi connectivity index (χ0) is 18.9. The minimum atomic E-state index is -0.130. The van der Waals surface area contributed by atoms with E-state index in [1.54, 1.807) is 22.2 Å².